The molecule has 0 aliphatic heterocycles. The molecule has 1 unspecified atom stereocenters. The fourth-order valence-electron chi connectivity index (χ4n) is 2.12. The standard InChI is InChI=1S/C17H19ClO2/c1-12-3-8-15(16(18)11-12)17(19)14-6-4-13(5-7-14)9-10-20-2/h3-8,11,17,19H,9-10H2,1-2H3. The van der Waals surface area contributed by atoms with Crippen LogP contribution in [0.15, 0.2) is 42.5 Å². The van der Waals surface area contributed by atoms with E-state index in [1.807, 2.05) is 49.4 Å². The molecule has 2 nitrogen and oxygen atoms in total. The third kappa shape index (κ3) is 3.60. The van der Waals surface area contributed by atoms with Crippen LogP contribution >= 0.6 is 11.6 Å². The number of ether oxygens (including phenoxy) is 1. The van der Waals surface area contributed by atoms with Gasteiger partial charge < -0.3 is 9.84 Å². The van der Waals surface area contributed by atoms with Gasteiger partial charge >= 0.3 is 0 Å². The summed E-state index contributed by atoms with van der Waals surface area (Å²) in [4.78, 5) is 0. The lowest BCUT2D eigenvalue weighted by atomic mass is 9.99. The molecule has 0 heterocycles. The van der Waals surface area contributed by atoms with E-state index in [-0.39, 0.29) is 0 Å². The number of halogens is 1. The summed E-state index contributed by atoms with van der Waals surface area (Å²) in [6, 6.07) is 13.6. The number of benzene rings is 2. The third-order valence-corrected chi connectivity index (χ3v) is 3.67. The third-order valence-electron chi connectivity index (χ3n) is 3.34. The van der Waals surface area contributed by atoms with E-state index in [1.54, 1.807) is 7.11 Å². The van der Waals surface area contributed by atoms with Crippen molar-refractivity contribution in [3.8, 4) is 0 Å². The highest BCUT2D eigenvalue weighted by Gasteiger charge is 2.13. The van der Waals surface area contributed by atoms with Crippen molar-refractivity contribution >= 4 is 11.6 Å². The van der Waals surface area contributed by atoms with Crippen LogP contribution in [-0.4, -0.2) is 18.8 Å². The van der Waals surface area contributed by atoms with Crippen LogP contribution in [0, 0.1) is 6.92 Å². The quantitative estimate of drug-likeness (QED) is 0.904. The van der Waals surface area contributed by atoms with Gasteiger partial charge in [0.05, 0.1) is 6.61 Å². The molecule has 0 radical (unpaired) electrons. The number of aryl methyl sites for hydroxylation is 1. The molecule has 2 aromatic carbocycles. The summed E-state index contributed by atoms with van der Waals surface area (Å²) in [7, 11) is 1.69. The second-order valence-corrected chi connectivity index (χ2v) is 5.32. The van der Waals surface area contributed by atoms with Gasteiger partial charge in [-0.15, -0.1) is 0 Å². The van der Waals surface area contributed by atoms with Crippen LogP contribution in [0.4, 0.5) is 0 Å². The highest BCUT2D eigenvalue weighted by atomic mass is 35.5. The Morgan fingerprint density at radius 1 is 1.15 bits per heavy atom. The van der Waals surface area contributed by atoms with E-state index >= 15 is 0 Å². The molecular weight excluding hydrogens is 272 g/mol. The minimum absolute atomic E-state index is 0.598. The predicted molar refractivity (Wildman–Crippen MR) is 82.3 cm³/mol. The number of rotatable bonds is 5. The zero-order valence-electron chi connectivity index (χ0n) is 11.8. The molecule has 0 aliphatic rings. The van der Waals surface area contributed by atoms with Crippen molar-refractivity contribution in [3.63, 3.8) is 0 Å². The molecule has 20 heavy (non-hydrogen) atoms. The predicted octanol–water partition coefficient (Wildman–Crippen LogP) is 3.92. The van der Waals surface area contributed by atoms with E-state index in [4.69, 9.17) is 16.3 Å². The molecule has 0 aromatic heterocycles. The molecule has 0 aliphatic carbocycles. The van der Waals surface area contributed by atoms with E-state index in [9.17, 15) is 5.11 Å². The van der Waals surface area contributed by atoms with Crippen LogP contribution in [0.2, 0.25) is 5.02 Å². The van der Waals surface area contributed by atoms with Crippen LogP contribution in [0.3, 0.4) is 0 Å². The maximum Gasteiger partial charge on any atom is 0.105 e. The topological polar surface area (TPSA) is 29.5 Å². The Kier molecular flexibility index (Phi) is 5.18. The molecule has 0 fully saturated rings. The van der Waals surface area contributed by atoms with E-state index in [0.29, 0.717) is 11.6 Å². The summed E-state index contributed by atoms with van der Waals surface area (Å²) < 4.78 is 5.05. The minimum atomic E-state index is -0.695. The highest BCUT2D eigenvalue weighted by molar-refractivity contribution is 6.31. The lowest BCUT2D eigenvalue weighted by Gasteiger charge is -2.14. The summed E-state index contributed by atoms with van der Waals surface area (Å²) in [5.41, 5.74) is 3.86. The van der Waals surface area contributed by atoms with Crippen LogP contribution in [-0.2, 0) is 11.2 Å². The number of hydrogen-bond acceptors (Lipinski definition) is 2. The molecule has 0 spiro atoms. The first-order valence-corrected chi connectivity index (χ1v) is 7.01. The van der Waals surface area contributed by atoms with Gasteiger partial charge in [0.25, 0.3) is 0 Å². The molecule has 106 valence electrons. The fraction of sp³-hybridized carbons (Fsp3) is 0.294. The summed E-state index contributed by atoms with van der Waals surface area (Å²) in [5.74, 6) is 0. The minimum Gasteiger partial charge on any atom is -0.384 e. The SMILES string of the molecule is COCCc1ccc(C(O)c2ccc(C)cc2Cl)cc1. The zero-order valence-corrected chi connectivity index (χ0v) is 12.5. The molecular formula is C17H19ClO2. The molecule has 1 atom stereocenters. The lowest BCUT2D eigenvalue weighted by Crippen LogP contribution is -2.01. The van der Waals surface area contributed by atoms with Gasteiger partial charge in [0.15, 0.2) is 0 Å². The van der Waals surface area contributed by atoms with Crippen LogP contribution in [0.1, 0.15) is 28.4 Å². The molecule has 1 N–H and O–H groups in total. The fourth-order valence-corrected chi connectivity index (χ4v) is 2.46. The van der Waals surface area contributed by atoms with Gasteiger partial charge in [-0.1, -0.05) is 48.0 Å². The van der Waals surface area contributed by atoms with E-state index < -0.39 is 6.10 Å². The van der Waals surface area contributed by atoms with Gasteiger partial charge in [-0.3, -0.25) is 0 Å². The molecule has 0 amide bonds. The monoisotopic (exact) mass is 290 g/mol. The van der Waals surface area contributed by atoms with Crippen molar-refractivity contribution in [1.82, 2.24) is 0 Å². The number of hydrogen-bond donors (Lipinski definition) is 1. The van der Waals surface area contributed by atoms with Gasteiger partial charge in [0.1, 0.15) is 6.10 Å². The maximum atomic E-state index is 10.4. The Hall–Kier alpha value is -1.35. The van der Waals surface area contributed by atoms with Gasteiger partial charge in [-0.05, 0) is 36.1 Å². The summed E-state index contributed by atoms with van der Waals surface area (Å²) >= 11 is 6.20. The first-order chi connectivity index (χ1) is 9.61. The van der Waals surface area contributed by atoms with Gasteiger partial charge in [-0.2, -0.15) is 0 Å². The molecule has 2 rings (SSSR count). The molecule has 0 saturated carbocycles. The Morgan fingerprint density at radius 2 is 1.85 bits per heavy atom. The second-order valence-electron chi connectivity index (χ2n) is 4.91. The van der Waals surface area contributed by atoms with E-state index in [2.05, 4.69) is 0 Å². The smallest absolute Gasteiger partial charge is 0.105 e. The molecule has 3 heteroatoms. The Labute approximate surface area is 125 Å². The highest BCUT2D eigenvalue weighted by Crippen LogP contribution is 2.29. The lowest BCUT2D eigenvalue weighted by molar-refractivity contribution is 0.202. The Balaban J connectivity index is 2.18. The summed E-state index contributed by atoms with van der Waals surface area (Å²) in [5, 5.41) is 11.0. The van der Waals surface area contributed by atoms with E-state index in [1.165, 1.54) is 5.56 Å². The number of methoxy groups -OCH3 is 1. The van der Waals surface area contributed by atoms with Crippen LogP contribution < -0.4 is 0 Å². The van der Waals surface area contributed by atoms with Crippen molar-refractivity contribution < 1.29 is 9.84 Å². The van der Waals surface area contributed by atoms with Gasteiger partial charge in [-0.25, -0.2) is 0 Å². The van der Waals surface area contributed by atoms with Gasteiger partial charge in [0, 0.05) is 17.7 Å². The molecule has 0 bridgehead atoms. The van der Waals surface area contributed by atoms with Gasteiger partial charge in [0.2, 0.25) is 0 Å². The maximum absolute atomic E-state index is 10.4. The Morgan fingerprint density at radius 3 is 2.45 bits per heavy atom. The normalized spacial score (nSPS) is 12.4. The largest absolute Gasteiger partial charge is 0.384 e. The Bertz CT molecular complexity index is 564. The second kappa shape index (κ2) is 6.89. The number of aliphatic hydroxyl groups excluding tert-OH is 1. The summed E-state index contributed by atoms with van der Waals surface area (Å²) in [6.07, 6.45) is 0.178. The van der Waals surface area contributed by atoms with Crippen molar-refractivity contribution in [2.75, 3.05) is 13.7 Å². The van der Waals surface area contributed by atoms with Crippen molar-refractivity contribution in [1.29, 1.82) is 0 Å². The average Bonchev–Trinajstić information content (AvgIpc) is 2.45. The summed E-state index contributed by atoms with van der Waals surface area (Å²) in [6.45, 7) is 2.68. The zero-order chi connectivity index (χ0) is 14.5. The first-order valence-electron chi connectivity index (χ1n) is 6.63. The average molecular weight is 291 g/mol. The van der Waals surface area contributed by atoms with E-state index in [0.717, 1.165) is 23.1 Å². The van der Waals surface area contributed by atoms with Crippen molar-refractivity contribution in [2.24, 2.45) is 0 Å². The molecule has 2 aromatic rings. The molecule has 0 saturated heterocycles. The van der Waals surface area contributed by atoms with Crippen LogP contribution in [0.5, 0.6) is 0 Å². The van der Waals surface area contributed by atoms with Crippen molar-refractivity contribution in [3.05, 3.63) is 69.7 Å². The number of aliphatic hydroxyl groups is 1. The van der Waals surface area contributed by atoms with Crippen LogP contribution in [0.25, 0.3) is 0 Å². The van der Waals surface area contributed by atoms with Crippen molar-refractivity contribution in [2.45, 2.75) is 19.4 Å². The first kappa shape index (κ1) is 15.0.